The van der Waals surface area contributed by atoms with Gasteiger partial charge in [0.05, 0.1) is 16.6 Å². The third-order valence-electron chi connectivity index (χ3n) is 3.01. The highest BCUT2D eigenvalue weighted by Gasteiger charge is 2.13. The van der Waals surface area contributed by atoms with Crippen LogP contribution in [0.4, 0.5) is 0 Å². The molecule has 18 heavy (non-hydrogen) atoms. The molecule has 0 saturated carbocycles. The molecule has 0 bridgehead atoms. The number of nitrogens with zero attached hydrogens (tertiary/aromatic N) is 3. The summed E-state index contributed by atoms with van der Waals surface area (Å²) in [5.41, 5.74) is 1.00. The molecule has 0 spiro atoms. The van der Waals surface area contributed by atoms with Gasteiger partial charge in [0.2, 0.25) is 0 Å². The average Bonchev–Trinajstić information content (AvgIpc) is 2.77. The minimum atomic E-state index is 0.519. The lowest BCUT2D eigenvalue weighted by Crippen LogP contribution is -2.41. The van der Waals surface area contributed by atoms with Gasteiger partial charge in [0.1, 0.15) is 0 Å². The van der Waals surface area contributed by atoms with E-state index in [1.165, 1.54) is 5.01 Å². The van der Waals surface area contributed by atoms with Crippen molar-refractivity contribution >= 4 is 22.9 Å². The van der Waals surface area contributed by atoms with Crippen LogP contribution in [0.2, 0.25) is 0 Å². The first-order valence-corrected chi connectivity index (χ1v) is 7.86. The fourth-order valence-corrected chi connectivity index (χ4v) is 3.11. The van der Waals surface area contributed by atoms with E-state index in [4.69, 9.17) is 11.6 Å². The number of hydrogen-bond acceptors (Lipinski definition) is 4. The topological polar surface area (TPSA) is 19.4 Å². The quantitative estimate of drug-likeness (QED) is 0.686. The third-order valence-corrected chi connectivity index (χ3v) is 4.24. The first-order chi connectivity index (χ1) is 8.56. The number of halogens is 1. The Morgan fingerprint density at radius 1 is 1.44 bits per heavy atom. The Kier molecular flexibility index (Phi) is 7.15. The largest absolute Gasteiger partial charge is 0.308 e. The van der Waals surface area contributed by atoms with Gasteiger partial charge in [-0.3, -0.25) is 4.90 Å². The molecule has 0 aliphatic heterocycles. The summed E-state index contributed by atoms with van der Waals surface area (Å²) in [5, 5.41) is 3.25. The molecule has 3 nitrogen and oxygen atoms in total. The van der Waals surface area contributed by atoms with Crippen molar-refractivity contribution in [2.45, 2.75) is 32.2 Å². The number of hydrogen-bond donors (Lipinski definition) is 0. The maximum Gasteiger partial charge on any atom is 0.0941 e. The van der Waals surface area contributed by atoms with E-state index in [2.05, 4.69) is 48.1 Å². The highest BCUT2D eigenvalue weighted by Crippen LogP contribution is 2.13. The predicted molar refractivity (Wildman–Crippen MR) is 80.6 cm³/mol. The van der Waals surface area contributed by atoms with Crippen molar-refractivity contribution in [1.82, 2.24) is 14.8 Å². The Balaban J connectivity index is 2.43. The molecular weight excluding hydrogens is 266 g/mol. The zero-order valence-corrected chi connectivity index (χ0v) is 13.4. The third kappa shape index (κ3) is 5.22. The molecule has 1 heterocycles. The van der Waals surface area contributed by atoms with Crippen LogP contribution >= 0.6 is 22.9 Å². The van der Waals surface area contributed by atoms with Crippen LogP contribution in [-0.2, 0) is 12.3 Å². The van der Waals surface area contributed by atoms with Crippen LogP contribution < -0.4 is 0 Å². The van der Waals surface area contributed by atoms with Crippen molar-refractivity contribution in [3.63, 3.8) is 0 Å². The van der Waals surface area contributed by atoms with Crippen LogP contribution in [0.25, 0.3) is 0 Å². The fourth-order valence-electron chi connectivity index (χ4n) is 2.10. The zero-order valence-electron chi connectivity index (χ0n) is 11.8. The number of rotatable bonds is 8. The van der Waals surface area contributed by atoms with E-state index in [0.717, 1.165) is 31.7 Å². The summed E-state index contributed by atoms with van der Waals surface area (Å²) in [7, 11) is 4.25. The van der Waals surface area contributed by atoms with Crippen molar-refractivity contribution in [3.8, 4) is 0 Å². The van der Waals surface area contributed by atoms with Crippen LogP contribution in [0.15, 0.2) is 5.38 Å². The normalized spacial score (nSPS) is 13.5. The maximum absolute atomic E-state index is 5.77. The van der Waals surface area contributed by atoms with Crippen molar-refractivity contribution in [1.29, 1.82) is 0 Å². The summed E-state index contributed by atoms with van der Waals surface area (Å²) in [6.07, 6.45) is 1.02. The molecule has 0 N–H and O–H groups in total. The molecule has 1 aromatic rings. The second kappa shape index (κ2) is 8.10. The van der Waals surface area contributed by atoms with E-state index in [-0.39, 0.29) is 0 Å². The van der Waals surface area contributed by atoms with Crippen molar-refractivity contribution in [2.75, 3.05) is 33.7 Å². The number of thiazole rings is 1. The highest BCUT2D eigenvalue weighted by molar-refractivity contribution is 7.09. The van der Waals surface area contributed by atoms with E-state index >= 15 is 0 Å². The lowest BCUT2D eigenvalue weighted by molar-refractivity contribution is 0.183. The predicted octanol–water partition coefficient (Wildman–Crippen LogP) is 2.70. The van der Waals surface area contributed by atoms with Gasteiger partial charge in [-0.1, -0.05) is 6.92 Å². The Hall–Kier alpha value is -0.160. The van der Waals surface area contributed by atoms with Crippen molar-refractivity contribution in [3.05, 3.63) is 16.1 Å². The highest BCUT2D eigenvalue weighted by atomic mass is 35.5. The summed E-state index contributed by atoms with van der Waals surface area (Å²) in [5.74, 6) is 0.519. The van der Waals surface area contributed by atoms with Gasteiger partial charge in [-0.15, -0.1) is 22.9 Å². The molecule has 1 aromatic heterocycles. The molecular formula is C13H24ClN3S. The standard InChI is InChI=1S/C13H24ClN3S/c1-5-17(11(2)9-16(3)4)7-6-13-15-12(8-14)10-18-13/h10-11H,5-9H2,1-4H3. The van der Waals surface area contributed by atoms with Gasteiger partial charge in [-0.05, 0) is 27.6 Å². The monoisotopic (exact) mass is 289 g/mol. The summed E-state index contributed by atoms with van der Waals surface area (Å²) >= 11 is 7.49. The van der Waals surface area contributed by atoms with Crippen molar-refractivity contribution < 1.29 is 0 Å². The minimum absolute atomic E-state index is 0.519. The maximum atomic E-state index is 5.77. The van der Waals surface area contributed by atoms with Gasteiger partial charge >= 0.3 is 0 Å². The smallest absolute Gasteiger partial charge is 0.0941 e. The Morgan fingerprint density at radius 2 is 2.17 bits per heavy atom. The van der Waals surface area contributed by atoms with Gasteiger partial charge in [0, 0.05) is 30.9 Å². The van der Waals surface area contributed by atoms with Gasteiger partial charge in [-0.2, -0.15) is 0 Å². The molecule has 0 amide bonds. The summed E-state index contributed by atoms with van der Waals surface area (Å²) in [6.45, 7) is 7.76. The Morgan fingerprint density at radius 3 is 2.67 bits per heavy atom. The van der Waals surface area contributed by atoms with E-state index in [1.54, 1.807) is 11.3 Å². The van der Waals surface area contributed by atoms with Gasteiger partial charge in [-0.25, -0.2) is 4.98 Å². The number of aromatic nitrogens is 1. The zero-order chi connectivity index (χ0) is 13.5. The summed E-state index contributed by atoms with van der Waals surface area (Å²) < 4.78 is 0. The van der Waals surface area contributed by atoms with Crippen LogP contribution in [0.1, 0.15) is 24.5 Å². The first kappa shape index (κ1) is 15.9. The second-order valence-electron chi connectivity index (χ2n) is 4.86. The van der Waals surface area contributed by atoms with Gasteiger partial charge < -0.3 is 4.90 Å². The Bertz CT molecular complexity index is 341. The van der Waals surface area contributed by atoms with Crippen LogP contribution in [-0.4, -0.2) is 54.6 Å². The first-order valence-electron chi connectivity index (χ1n) is 6.44. The van der Waals surface area contributed by atoms with Crippen LogP contribution in [0.5, 0.6) is 0 Å². The number of alkyl halides is 1. The fraction of sp³-hybridized carbons (Fsp3) is 0.769. The molecule has 0 aliphatic carbocycles. The SMILES string of the molecule is CCN(CCc1nc(CCl)cs1)C(C)CN(C)C. The second-order valence-corrected chi connectivity index (χ2v) is 6.07. The van der Waals surface area contributed by atoms with Crippen LogP contribution in [0.3, 0.4) is 0 Å². The molecule has 1 unspecified atom stereocenters. The molecule has 1 rings (SSSR count). The molecule has 0 aromatic carbocycles. The number of likely N-dealkylation sites (N-methyl/N-ethyl adjacent to an activating group) is 2. The summed E-state index contributed by atoms with van der Waals surface area (Å²) in [4.78, 5) is 9.24. The lowest BCUT2D eigenvalue weighted by Gasteiger charge is -2.29. The van der Waals surface area contributed by atoms with E-state index in [9.17, 15) is 0 Å². The van der Waals surface area contributed by atoms with Crippen molar-refractivity contribution in [2.24, 2.45) is 0 Å². The molecule has 0 radical (unpaired) electrons. The molecule has 0 aliphatic rings. The van der Waals surface area contributed by atoms with Gasteiger partial charge in [0.15, 0.2) is 0 Å². The van der Waals surface area contributed by atoms with E-state index < -0.39 is 0 Å². The average molecular weight is 290 g/mol. The van der Waals surface area contributed by atoms with Crippen LogP contribution in [0, 0.1) is 0 Å². The van der Waals surface area contributed by atoms with E-state index in [0.29, 0.717) is 11.9 Å². The molecule has 104 valence electrons. The Labute approximate surface area is 120 Å². The molecule has 0 fully saturated rings. The minimum Gasteiger partial charge on any atom is -0.308 e. The molecule has 5 heteroatoms. The van der Waals surface area contributed by atoms with E-state index in [1.807, 2.05) is 0 Å². The molecule has 0 saturated heterocycles. The van der Waals surface area contributed by atoms with Gasteiger partial charge in [0.25, 0.3) is 0 Å². The summed E-state index contributed by atoms with van der Waals surface area (Å²) in [6, 6.07) is 0.581. The lowest BCUT2D eigenvalue weighted by atomic mass is 10.2. The molecule has 1 atom stereocenters.